The molecule has 0 saturated heterocycles. The minimum absolute atomic E-state index is 0.110. The number of rotatable bonds is 5. The van der Waals surface area contributed by atoms with Crippen molar-refractivity contribution in [1.29, 1.82) is 0 Å². The monoisotopic (exact) mass is 464 g/mol. The summed E-state index contributed by atoms with van der Waals surface area (Å²) >= 11 is 3.15. The largest absolute Gasteiger partial charge is 0.508 e. The van der Waals surface area contributed by atoms with Crippen LogP contribution in [0.3, 0.4) is 0 Å². The van der Waals surface area contributed by atoms with E-state index in [9.17, 15) is 26.3 Å². The van der Waals surface area contributed by atoms with Gasteiger partial charge in [-0.25, -0.2) is 17.6 Å². The maximum Gasteiger partial charge on any atom is 0.435 e. The third-order valence-corrected chi connectivity index (χ3v) is 5.26. The molecule has 3 aromatic rings. The summed E-state index contributed by atoms with van der Waals surface area (Å²) < 4.78 is 74.7. The molecular weight excluding hydrogens is 446 g/mol. The van der Waals surface area contributed by atoms with Crippen molar-refractivity contribution >= 4 is 24.4 Å². The SMILES string of the molecule is Fc1cc(C(F)(F)[SH2+])c(F)c(F)c1F.Oc1ccc(C[SH+]Cc2ccccc2)cc1. The van der Waals surface area contributed by atoms with E-state index in [0.29, 0.717) is 5.75 Å². The van der Waals surface area contributed by atoms with Gasteiger partial charge in [0.2, 0.25) is 0 Å². The van der Waals surface area contributed by atoms with Crippen LogP contribution in [0.1, 0.15) is 16.7 Å². The van der Waals surface area contributed by atoms with Crippen molar-refractivity contribution in [3.05, 3.63) is 101 Å². The van der Waals surface area contributed by atoms with Crippen molar-refractivity contribution in [2.24, 2.45) is 0 Å². The molecule has 0 heterocycles. The van der Waals surface area contributed by atoms with Crippen molar-refractivity contribution in [3.63, 3.8) is 0 Å². The van der Waals surface area contributed by atoms with E-state index in [2.05, 4.69) is 24.3 Å². The van der Waals surface area contributed by atoms with Gasteiger partial charge in [0.25, 0.3) is 0 Å². The van der Waals surface area contributed by atoms with Gasteiger partial charge in [0.1, 0.15) is 22.8 Å². The number of aromatic hydroxyl groups is 1. The fourth-order valence-corrected chi connectivity index (χ4v) is 3.53. The molecule has 3 aromatic carbocycles. The lowest BCUT2D eigenvalue weighted by molar-refractivity contribution is 0.0999. The lowest BCUT2D eigenvalue weighted by Gasteiger charge is -2.06. The molecule has 0 unspecified atom stereocenters. The highest BCUT2D eigenvalue weighted by molar-refractivity contribution is 7.76. The maximum atomic E-state index is 12.6. The van der Waals surface area contributed by atoms with Crippen LogP contribution >= 0.6 is 0 Å². The van der Waals surface area contributed by atoms with Crippen LogP contribution in [0, 0.1) is 23.3 Å². The highest BCUT2D eigenvalue weighted by atomic mass is 32.2. The van der Waals surface area contributed by atoms with Crippen LogP contribution in [-0.4, -0.2) is 5.11 Å². The maximum absolute atomic E-state index is 12.6. The Morgan fingerprint density at radius 1 is 0.767 bits per heavy atom. The van der Waals surface area contributed by atoms with E-state index in [0.717, 1.165) is 11.5 Å². The van der Waals surface area contributed by atoms with E-state index in [-0.39, 0.29) is 6.07 Å². The molecule has 0 fully saturated rings. The molecule has 1 N–H and O–H groups in total. The van der Waals surface area contributed by atoms with Gasteiger partial charge in [0.15, 0.2) is 23.3 Å². The molecule has 3 rings (SSSR count). The van der Waals surface area contributed by atoms with Crippen molar-refractivity contribution in [3.8, 4) is 5.75 Å². The molecule has 160 valence electrons. The van der Waals surface area contributed by atoms with Gasteiger partial charge in [-0.05, 0) is 30.0 Å². The number of phenols is 1. The summed E-state index contributed by atoms with van der Waals surface area (Å²) in [4.78, 5) is 0. The van der Waals surface area contributed by atoms with Gasteiger partial charge >= 0.3 is 5.25 Å². The molecular formula is C21H18F6OS2+2. The van der Waals surface area contributed by atoms with E-state index >= 15 is 0 Å². The minimum atomic E-state index is -3.96. The summed E-state index contributed by atoms with van der Waals surface area (Å²) in [5.41, 5.74) is 1.06. The van der Waals surface area contributed by atoms with Crippen LogP contribution in [0.5, 0.6) is 5.75 Å². The van der Waals surface area contributed by atoms with E-state index in [1.165, 1.54) is 22.9 Å². The number of thiol groups is 1. The summed E-state index contributed by atoms with van der Waals surface area (Å²) in [6, 6.07) is 17.8. The Hall–Kier alpha value is -2.26. The van der Waals surface area contributed by atoms with Gasteiger partial charge in [0, 0.05) is 23.8 Å². The lowest BCUT2D eigenvalue weighted by atomic mass is 10.2. The molecule has 9 heteroatoms. The number of alkyl halides is 2. The first kappa shape index (κ1) is 24.0. The third kappa shape index (κ3) is 6.91. The van der Waals surface area contributed by atoms with Gasteiger partial charge in [-0.15, -0.1) is 8.78 Å². The zero-order valence-corrected chi connectivity index (χ0v) is 17.2. The van der Waals surface area contributed by atoms with Crippen LogP contribution in [0.25, 0.3) is 0 Å². The standard InChI is InChI=1S/C14H14OS.C7H2F6S/c15-14-8-6-13(7-9-14)11-16-10-12-4-2-1-3-5-12;8-3-1-2(7(12,13)14)4(9)6(11)5(3)10/h1-9,15H,10-11H2;1,14H/p+2. The molecule has 0 aliphatic rings. The van der Waals surface area contributed by atoms with Crippen LogP contribution in [0.15, 0.2) is 60.7 Å². The average Bonchev–Trinajstić information content (AvgIpc) is 2.71. The lowest BCUT2D eigenvalue weighted by Crippen LogP contribution is -2.14. The summed E-state index contributed by atoms with van der Waals surface area (Å²) in [5.74, 6) is -5.93. The highest BCUT2D eigenvalue weighted by Crippen LogP contribution is 2.31. The Morgan fingerprint density at radius 3 is 1.83 bits per heavy atom. The first-order chi connectivity index (χ1) is 14.1. The molecule has 0 aliphatic carbocycles. The molecule has 1 nitrogen and oxygen atoms in total. The van der Waals surface area contributed by atoms with Gasteiger partial charge in [0.05, 0.1) is 0 Å². The van der Waals surface area contributed by atoms with Gasteiger partial charge in [-0.2, -0.15) is 0 Å². The Morgan fingerprint density at radius 2 is 1.30 bits per heavy atom. The predicted octanol–water partition coefficient (Wildman–Crippen LogP) is 5.21. The topological polar surface area (TPSA) is 20.2 Å². The summed E-state index contributed by atoms with van der Waals surface area (Å²) in [7, 11) is 0. The summed E-state index contributed by atoms with van der Waals surface area (Å²) in [5, 5.41) is 5.20. The minimum Gasteiger partial charge on any atom is -0.508 e. The van der Waals surface area contributed by atoms with Crippen molar-refractivity contribution in [2.45, 2.75) is 16.8 Å². The molecule has 0 amide bonds. The molecule has 0 radical (unpaired) electrons. The first-order valence-electron chi connectivity index (χ1n) is 8.51. The Balaban J connectivity index is 0.000000216. The van der Waals surface area contributed by atoms with E-state index < -0.39 is 34.1 Å². The van der Waals surface area contributed by atoms with Crippen molar-refractivity contribution < 1.29 is 31.4 Å². The van der Waals surface area contributed by atoms with Crippen LogP contribution < -0.4 is 0 Å². The Kier molecular flexibility index (Phi) is 8.54. The summed E-state index contributed by atoms with van der Waals surface area (Å²) in [6.45, 7) is 0. The van der Waals surface area contributed by atoms with Crippen LogP contribution in [-0.2, 0) is 41.2 Å². The van der Waals surface area contributed by atoms with Gasteiger partial charge < -0.3 is 5.11 Å². The quantitative estimate of drug-likeness (QED) is 0.181. The second-order valence-corrected chi connectivity index (χ2v) is 7.82. The molecule has 0 saturated carbocycles. The van der Waals surface area contributed by atoms with E-state index in [1.54, 1.807) is 24.8 Å². The molecule has 30 heavy (non-hydrogen) atoms. The second-order valence-electron chi connectivity index (χ2n) is 6.11. The zero-order chi connectivity index (χ0) is 22.3. The smallest absolute Gasteiger partial charge is 0.435 e. The molecule has 0 aromatic heterocycles. The fraction of sp³-hybridized carbons (Fsp3) is 0.143. The molecule has 0 atom stereocenters. The van der Waals surface area contributed by atoms with Gasteiger partial charge in [-0.1, -0.05) is 42.5 Å². The summed E-state index contributed by atoms with van der Waals surface area (Å²) in [6.07, 6.45) is 0. The van der Waals surface area contributed by atoms with Gasteiger partial charge in [-0.3, -0.25) is 0 Å². The predicted molar refractivity (Wildman–Crippen MR) is 111 cm³/mol. The molecule has 0 aliphatic heterocycles. The second kappa shape index (κ2) is 10.7. The number of hydrogen-bond acceptors (Lipinski definition) is 1. The Bertz CT molecular complexity index is 960. The number of phenolic OH excluding ortho intramolecular Hbond substituents is 1. The fourth-order valence-electron chi connectivity index (χ4n) is 2.30. The number of benzene rings is 3. The highest BCUT2D eigenvalue weighted by Gasteiger charge is 2.40. The molecule has 0 bridgehead atoms. The zero-order valence-electron chi connectivity index (χ0n) is 15.3. The third-order valence-electron chi connectivity index (χ3n) is 3.81. The Labute approximate surface area is 179 Å². The van der Waals surface area contributed by atoms with Crippen molar-refractivity contribution in [2.75, 3.05) is 0 Å². The van der Waals surface area contributed by atoms with Crippen LogP contribution in [0.4, 0.5) is 26.3 Å². The van der Waals surface area contributed by atoms with Crippen molar-refractivity contribution in [1.82, 2.24) is 0 Å². The van der Waals surface area contributed by atoms with E-state index in [1.807, 2.05) is 18.2 Å². The average molecular weight is 464 g/mol. The first-order valence-corrected chi connectivity index (χ1v) is 10.3. The van der Waals surface area contributed by atoms with Crippen LogP contribution in [0.2, 0.25) is 0 Å². The molecule has 0 spiro atoms. The number of halogens is 6. The normalized spacial score (nSPS) is 11.0. The van der Waals surface area contributed by atoms with E-state index in [4.69, 9.17) is 5.11 Å². The number of hydrogen-bond donors (Lipinski definition) is 1.